The number of anilines is 1. The fraction of sp³-hybridized carbons (Fsp3) is 0.211. The van der Waals surface area contributed by atoms with Crippen LogP contribution in [-0.4, -0.2) is 10.9 Å². The van der Waals surface area contributed by atoms with E-state index in [2.05, 4.69) is 10.3 Å². The van der Waals surface area contributed by atoms with Gasteiger partial charge in [0, 0.05) is 22.8 Å². The van der Waals surface area contributed by atoms with E-state index < -0.39 is 5.41 Å². The molecule has 0 spiro atoms. The maximum absolute atomic E-state index is 13.3. The number of aryl methyl sites for hydroxylation is 1. The van der Waals surface area contributed by atoms with Crippen LogP contribution in [0, 0.1) is 12.7 Å². The summed E-state index contributed by atoms with van der Waals surface area (Å²) in [5, 5.41) is 3.85. The summed E-state index contributed by atoms with van der Waals surface area (Å²) in [5.41, 5.74) is 2.60. The predicted octanol–water partition coefficient (Wildman–Crippen LogP) is 4.53. The van der Waals surface area contributed by atoms with E-state index in [1.807, 2.05) is 45.0 Å². The molecule has 0 radical (unpaired) electrons. The molecule has 3 rings (SSSR count). The second-order valence-corrected chi connectivity index (χ2v) is 6.29. The minimum Gasteiger partial charge on any atom is -0.361 e. The van der Waals surface area contributed by atoms with Crippen molar-refractivity contribution in [2.45, 2.75) is 26.2 Å². The largest absolute Gasteiger partial charge is 0.361 e. The number of nitrogens with one attached hydrogen (secondary N) is 2. The molecule has 0 aliphatic heterocycles. The topological polar surface area (TPSA) is 44.9 Å². The summed E-state index contributed by atoms with van der Waals surface area (Å²) in [6.45, 7) is 5.69. The second-order valence-electron chi connectivity index (χ2n) is 6.29. The van der Waals surface area contributed by atoms with Crippen molar-refractivity contribution in [1.82, 2.24) is 4.98 Å². The standard InChI is InChI=1S/C19H19FN2O/c1-12-6-4-5-7-16(12)22-18(23)19(2,3)15-11-21-17-10-13(20)8-9-14(15)17/h4-11,21H,1-3H3,(H,22,23). The average Bonchev–Trinajstić information content (AvgIpc) is 2.93. The number of rotatable bonds is 3. The highest BCUT2D eigenvalue weighted by atomic mass is 19.1. The summed E-state index contributed by atoms with van der Waals surface area (Å²) < 4.78 is 13.3. The molecule has 0 fully saturated rings. The number of H-pyrrole nitrogens is 1. The van der Waals surface area contributed by atoms with Gasteiger partial charge in [-0.1, -0.05) is 18.2 Å². The van der Waals surface area contributed by atoms with Gasteiger partial charge in [0.25, 0.3) is 0 Å². The van der Waals surface area contributed by atoms with Gasteiger partial charge in [-0.15, -0.1) is 0 Å². The van der Waals surface area contributed by atoms with Crippen LogP contribution in [0.2, 0.25) is 0 Å². The molecule has 1 aromatic heterocycles. The third-order valence-corrected chi connectivity index (χ3v) is 4.28. The number of amides is 1. The van der Waals surface area contributed by atoms with Gasteiger partial charge in [0.2, 0.25) is 5.91 Å². The summed E-state index contributed by atoms with van der Waals surface area (Å²) in [6, 6.07) is 12.2. The first kappa shape index (κ1) is 15.3. The van der Waals surface area contributed by atoms with Crippen LogP contribution in [0.4, 0.5) is 10.1 Å². The number of carbonyl (C=O) groups excluding carboxylic acids is 1. The highest BCUT2D eigenvalue weighted by Crippen LogP contribution is 2.32. The number of hydrogen-bond acceptors (Lipinski definition) is 1. The Kier molecular flexibility index (Phi) is 3.68. The van der Waals surface area contributed by atoms with Gasteiger partial charge >= 0.3 is 0 Å². The minimum absolute atomic E-state index is 0.1000. The van der Waals surface area contributed by atoms with Gasteiger partial charge in [0.1, 0.15) is 5.82 Å². The van der Waals surface area contributed by atoms with Gasteiger partial charge in [0.15, 0.2) is 0 Å². The first-order valence-electron chi connectivity index (χ1n) is 7.54. The quantitative estimate of drug-likeness (QED) is 0.733. The van der Waals surface area contributed by atoms with Crippen molar-refractivity contribution in [2.75, 3.05) is 5.32 Å². The molecule has 0 aliphatic rings. The van der Waals surface area contributed by atoms with Crippen LogP contribution in [-0.2, 0) is 10.2 Å². The monoisotopic (exact) mass is 310 g/mol. The molecule has 0 bridgehead atoms. The minimum atomic E-state index is -0.752. The maximum atomic E-state index is 13.3. The zero-order valence-corrected chi connectivity index (χ0v) is 13.4. The first-order valence-corrected chi connectivity index (χ1v) is 7.54. The number of halogens is 1. The SMILES string of the molecule is Cc1ccccc1NC(=O)C(C)(C)c1c[nH]c2cc(F)ccc12. The lowest BCUT2D eigenvalue weighted by atomic mass is 9.83. The molecule has 118 valence electrons. The summed E-state index contributed by atoms with van der Waals surface area (Å²) in [4.78, 5) is 15.8. The van der Waals surface area contributed by atoms with Crippen LogP contribution >= 0.6 is 0 Å². The molecule has 0 saturated carbocycles. The van der Waals surface area contributed by atoms with E-state index in [0.717, 1.165) is 22.2 Å². The van der Waals surface area contributed by atoms with Crippen LogP contribution in [0.1, 0.15) is 25.0 Å². The third-order valence-electron chi connectivity index (χ3n) is 4.28. The Morgan fingerprint density at radius 2 is 1.91 bits per heavy atom. The fourth-order valence-electron chi connectivity index (χ4n) is 2.73. The van der Waals surface area contributed by atoms with Crippen molar-refractivity contribution in [1.29, 1.82) is 0 Å². The molecule has 2 aromatic carbocycles. The zero-order chi connectivity index (χ0) is 16.6. The van der Waals surface area contributed by atoms with E-state index in [4.69, 9.17) is 0 Å². The van der Waals surface area contributed by atoms with Gasteiger partial charge in [-0.05, 0) is 56.2 Å². The molecule has 0 unspecified atom stereocenters. The molecule has 1 amide bonds. The number of aromatic amines is 1. The van der Waals surface area contributed by atoms with Gasteiger partial charge < -0.3 is 10.3 Å². The number of fused-ring (bicyclic) bond motifs is 1. The van der Waals surface area contributed by atoms with Crippen LogP contribution in [0.25, 0.3) is 10.9 Å². The van der Waals surface area contributed by atoms with Crippen molar-refractivity contribution < 1.29 is 9.18 Å². The molecule has 3 nitrogen and oxygen atoms in total. The molecule has 23 heavy (non-hydrogen) atoms. The van der Waals surface area contributed by atoms with E-state index in [1.165, 1.54) is 12.1 Å². The van der Waals surface area contributed by atoms with E-state index >= 15 is 0 Å². The summed E-state index contributed by atoms with van der Waals surface area (Å²) in [6.07, 6.45) is 1.78. The summed E-state index contributed by atoms with van der Waals surface area (Å²) in [7, 11) is 0. The number of aromatic nitrogens is 1. The number of benzene rings is 2. The Morgan fingerprint density at radius 3 is 2.65 bits per heavy atom. The molecule has 0 atom stereocenters. The van der Waals surface area contributed by atoms with E-state index in [1.54, 1.807) is 12.3 Å². The van der Waals surface area contributed by atoms with Gasteiger partial charge in [-0.25, -0.2) is 4.39 Å². The summed E-state index contributed by atoms with van der Waals surface area (Å²) >= 11 is 0. The lowest BCUT2D eigenvalue weighted by Gasteiger charge is -2.24. The van der Waals surface area contributed by atoms with E-state index in [-0.39, 0.29) is 11.7 Å². The Labute approximate surface area is 134 Å². The van der Waals surface area contributed by atoms with Crippen molar-refractivity contribution >= 4 is 22.5 Å². The smallest absolute Gasteiger partial charge is 0.234 e. The third kappa shape index (κ3) is 2.72. The predicted molar refractivity (Wildman–Crippen MR) is 91.1 cm³/mol. The normalized spacial score (nSPS) is 11.7. The number of para-hydroxylation sites is 1. The first-order chi connectivity index (χ1) is 10.9. The molecule has 4 heteroatoms. The number of hydrogen-bond donors (Lipinski definition) is 2. The van der Waals surface area contributed by atoms with Crippen LogP contribution in [0.15, 0.2) is 48.7 Å². The zero-order valence-electron chi connectivity index (χ0n) is 13.4. The second kappa shape index (κ2) is 5.54. The van der Waals surface area contributed by atoms with Crippen molar-refractivity contribution in [3.05, 3.63) is 65.6 Å². The fourth-order valence-corrected chi connectivity index (χ4v) is 2.73. The highest BCUT2D eigenvalue weighted by molar-refractivity contribution is 6.02. The highest BCUT2D eigenvalue weighted by Gasteiger charge is 2.32. The Morgan fingerprint density at radius 1 is 1.17 bits per heavy atom. The van der Waals surface area contributed by atoms with Crippen LogP contribution in [0.5, 0.6) is 0 Å². The molecular weight excluding hydrogens is 291 g/mol. The van der Waals surface area contributed by atoms with Crippen molar-refractivity contribution in [3.8, 4) is 0 Å². The molecule has 3 aromatic rings. The maximum Gasteiger partial charge on any atom is 0.234 e. The summed E-state index contributed by atoms with van der Waals surface area (Å²) in [5.74, 6) is -0.398. The van der Waals surface area contributed by atoms with Gasteiger partial charge in [0.05, 0.1) is 5.41 Å². The van der Waals surface area contributed by atoms with E-state index in [9.17, 15) is 9.18 Å². The Bertz CT molecular complexity index is 880. The Balaban J connectivity index is 1.96. The molecule has 1 heterocycles. The van der Waals surface area contributed by atoms with E-state index in [0.29, 0.717) is 5.52 Å². The van der Waals surface area contributed by atoms with Crippen molar-refractivity contribution in [3.63, 3.8) is 0 Å². The lowest BCUT2D eigenvalue weighted by Crippen LogP contribution is -2.34. The molecule has 0 saturated heterocycles. The van der Waals surface area contributed by atoms with Gasteiger partial charge in [-0.3, -0.25) is 4.79 Å². The Hall–Kier alpha value is -2.62. The average molecular weight is 310 g/mol. The van der Waals surface area contributed by atoms with Crippen LogP contribution < -0.4 is 5.32 Å². The molecule has 2 N–H and O–H groups in total. The number of carbonyl (C=O) groups is 1. The molecule has 0 aliphatic carbocycles. The van der Waals surface area contributed by atoms with Crippen molar-refractivity contribution in [2.24, 2.45) is 0 Å². The van der Waals surface area contributed by atoms with Crippen LogP contribution in [0.3, 0.4) is 0 Å². The lowest BCUT2D eigenvalue weighted by molar-refractivity contribution is -0.120. The molecular formula is C19H19FN2O. The van der Waals surface area contributed by atoms with Gasteiger partial charge in [-0.2, -0.15) is 0 Å².